The van der Waals surface area contributed by atoms with Crippen molar-refractivity contribution in [3.05, 3.63) is 35.9 Å². The molecular weight excluding hydrogens is 245 g/mol. The molecular formula is C14H16FN3O. The number of nitrogens with zero attached hydrogens (tertiary/aromatic N) is 3. The van der Waals surface area contributed by atoms with Gasteiger partial charge in [-0.15, -0.1) is 0 Å². The lowest BCUT2D eigenvalue weighted by molar-refractivity contribution is -0.0813. The maximum atomic E-state index is 12.9. The molecule has 100 valence electrons. The topological polar surface area (TPSA) is 39.9 Å². The van der Waals surface area contributed by atoms with Gasteiger partial charge in [0, 0.05) is 0 Å². The van der Waals surface area contributed by atoms with E-state index in [4.69, 9.17) is 4.74 Å². The molecule has 1 aliphatic rings. The first-order valence-corrected chi connectivity index (χ1v) is 6.42. The molecule has 0 saturated heterocycles. The molecule has 4 nitrogen and oxygen atoms in total. The van der Waals surface area contributed by atoms with Crippen LogP contribution in [0.2, 0.25) is 0 Å². The van der Waals surface area contributed by atoms with Gasteiger partial charge in [0.25, 0.3) is 0 Å². The van der Waals surface area contributed by atoms with E-state index in [1.165, 1.54) is 12.3 Å². The van der Waals surface area contributed by atoms with Crippen molar-refractivity contribution in [2.45, 2.75) is 39.0 Å². The van der Waals surface area contributed by atoms with Crippen LogP contribution in [-0.2, 0) is 17.9 Å². The number of aromatic nitrogens is 3. The summed E-state index contributed by atoms with van der Waals surface area (Å²) >= 11 is 0. The number of hydrogen-bond donors (Lipinski definition) is 0. The summed E-state index contributed by atoms with van der Waals surface area (Å²) in [5.74, 6) is -0.338. The number of hydrogen-bond acceptors (Lipinski definition) is 3. The van der Waals surface area contributed by atoms with Crippen LogP contribution in [0.1, 0.15) is 26.0 Å². The summed E-state index contributed by atoms with van der Waals surface area (Å²) in [6.07, 6.45) is 2.15. The molecule has 0 bridgehead atoms. The highest BCUT2D eigenvalue weighted by molar-refractivity contribution is 5.54. The van der Waals surface area contributed by atoms with Crippen LogP contribution in [0.25, 0.3) is 11.4 Å². The van der Waals surface area contributed by atoms with Crippen molar-refractivity contribution in [2.75, 3.05) is 0 Å². The van der Waals surface area contributed by atoms with Crippen LogP contribution < -0.4 is 0 Å². The van der Waals surface area contributed by atoms with E-state index < -0.39 is 0 Å². The fraction of sp³-hybridized carbons (Fsp3) is 0.429. The van der Waals surface area contributed by atoms with Crippen LogP contribution in [0.5, 0.6) is 0 Å². The first-order chi connectivity index (χ1) is 9.09. The molecule has 0 spiro atoms. The number of pyridine rings is 1. The van der Waals surface area contributed by atoms with E-state index in [-0.39, 0.29) is 11.4 Å². The van der Waals surface area contributed by atoms with E-state index in [2.05, 4.69) is 23.9 Å². The van der Waals surface area contributed by atoms with E-state index in [9.17, 15) is 4.39 Å². The summed E-state index contributed by atoms with van der Waals surface area (Å²) in [6.45, 7) is 5.49. The number of rotatable bonds is 2. The van der Waals surface area contributed by atoms with Crippen molar-refractivity contribution < 1.29 is 9.13 Å². The zero-order valence-corrected chi connectivity index (χ0v) is 11.1. The Morgan fingerprint density at radius 2 is 2.26 bits per heavy atom. The molecule has 2 aromatic rings. The Morgan fingerprint density at radius 3 is 2.95 bits per heavy atom. The summed E-state index contributed by atoms with van der Waals surface area (Å²) < 4.78 is 20.7. The second kappa shape index (κ2) is 4.42. The normalized spacial score (nSPS) is 22.3. The highest BCUT2D eigenvalue weighted by Crippen LogP contribution is 2.28. The molecule has 3 heterocycles. The molecule has 19 heavy (non-hydrogen) atoms. The summed E-state index contributed by atoms with van der Waals surface area (Å²) in [5.41, 5.74) is 2.32. The third kappa shape index (κ3) is 2.26. The van der Waals surface area contributed by atoms with Crippen LogP contribution in [0.15, 0.2) is 24.4 Å². The van der Waals surface area contributed by atoms with Crippen LogP contribution in [0.4, 0.5) is 4.39 Å². The number of fused-ring (bicyclic) bond motifs is 1. The zero-order chi connectivity index (χ0) is 13.5. The quantitative estimate of drug-likeness (QED) is 0.834. The fourth-order valence-corrected chi connectivity index (χ4v) is 2.19. The standard InChI is InChI=1S/C14H16FN3O/c1-3-14(2)9-18-11(8-19-14)6-13(17-18)12-5-4-10(15)7-16-12/h4-7H,3,8-9H2,1-2H3. The minimum Gasteiger partial charge on any atom is -0.367 e. The van der Waals surface area contributed by atoms with E-state index >= 15 is 0 Å². The Balaban J connectivity index is 1.93. The number of halogens is 1. The van der Waals surface area contributed by atoms with Crippen molar-refractivity contribution in [3.63, 3.8) is 0 Å². The number of ether oxygens (including phenoxy) is 1. The Morgan fingerprint density at radius 1 is 1.42 bits per heavy atom. The molecule has 5 heteroatoms. The average Bonchev–Trinajstić information content (AvgIpc) is 2.82. The van der Waals surface area contributed by atoms with Gasteiger partial charge in [0.1, 0.15) is 11.5 Å². The summed E-state index contributed by atoms with van der Waals surface area (Å²) in [4.78, 5) is 4.06. The maximum absolute atomic E-state index is 12.9. The molecule has 0 radical (unpaired) electrons. The van der Waals surface area contributed by atoms with Gasteiger partial charge in [0.05, 0.1) is 36.3 Å². The van der Waals surface area contributed by atoms with Crippen LogP contribution in [-0.4, -0.2) is 20.4 Å². The second-order valence-corrected chi connectivity index (χ2v) is 5.13. The molecule has 2 aromatic heterocycles. The molecule has 1 unspecified atom stereocenters. The van der Waals surface area contributed by atoms with Gasteiger partial charge in [-0.2, -0.15) is 5.10 Å². The third-order valence-electron chi connectivity index (χ3n) is 3.65. The van der Waals surface area contributed by atoms with Crippen molar-refractivity contribution >= 4 is 0 Å². The monoisotopic (exact) mass is 261 g/mol. The van der Waals surface area contributed by atoms with Gasteiger partial charge in [0.2, 0.25) is 0 Å². The third-order valence-corrected chi connectivity index (χ3v) is 3.65. The first-order valence-electron chi connectivity index (χ1n) is 6.42. The Kier molecular flexibility index (Phi) is 2.86. The second-order valence-electron chi connectivity index (χ2n) is 5.13. The average molecular weight is 261 g/mol. The van der Waals surface area contributed by atoms with Gasteiger partial charge < -0.3 is 4.74 Å². The van der Waals surface area contributed by atoms with Gasteiger partial charge >= 0.3 is 0 Å². The molecule has 1 aliphatic heterocycles. The SMILES string of the molecule is CCC1(C)Cn2nc(-c3ccc(F)cn3)cc2CO1. The highest BCUT2D eigenvalue weighted by atomic mass is 19.1. The van der Waals surface area contributed by atoms with Crippen LogP contribution in [0, 0.1) is 5.82 Å². The minimum absolute atomic E-state index is 0.160. The summed E-state index contributed by atoms with van der Waals surface area (Å²) in [7, 11) is 0. The lowest BCUT2D eigenvalue weighted by atomic mass is 10.0. The molecule has 0 N–H and O–H groups in total. The van der Waals surface area contributed by atoms with Gasteiger partial charge in [-0.05, 0) is 31.5 Å². The largest absolute Gasteiger partial charge is 0.367 e. The Labute approximate surface area is 111 Å². The van der Waals surface area contributed by atoms with Gasteiger partial charge in [-0.25, -0.2) is 4.39 Å². The van der Waals surface area contributed by atoms with Gasteiger partial charge in [-0.1, -0.05) is 6.92 Å². The molecule has 0 aromatic carbocycles. The van der Waals surface area contributed by atoms with Crippen molar-refractivity contribution in [1.82, 2.24) is 14.8 Å². The molecule has 0 aliphatic carbocycles. The van der Waals surface area contributed by atoms with E-state index in [1.54, 1.807) is 6.07 Å². The van der Waals surface area contributed by atoms with Crippen molar-refractivity contribution in [3.8, 4) is 11.4 Å². The predicted molar refractivity (Wildman–Crippen MR) is 68.9 cm³/mol. The highest BCUT2D eigenvalue weighted by Gasteiger charge is 2.30. The van der Waals surface area contributed by atoms with Crippen molar-refractivity contribution in [1.29, 1.82) is 0 Å². The van der Waals surface area contributed by atoms with E-state index in [0.717, 1.165) is 24.4 Å². The lowest BCUT2D eigenvalue weighted by Crippen LogP contribution is -2.38. The van der Waals surface area contributed by atoms with E-state index in [1.807, 2.05) is 10.7 Å². The summed E-state index contributed by atoms with van der Waals surface area (Å²) in [6, 6.07) is 4.99. The lowest BCUT2D eigenvalue weighted by Gasteiger charge is -2.33. The first kappa shape index (κ1) is 12.3. The maximum Gasteiger partial charge on any atom is 0.141 e. The smallest absolute Gasteiger partial charge is 0.141 e. The molecule has 0 saturated carbocycles. The van der Waals surface area contributed by atoms with Crippen LogP contribution in [0.3, 0.4) is 0 Å². The summed E-state index contributed by atoms with van der Waals surface area (Å²) in [5, 5.41) is 4.55. The van der Waals surface area contributed by atoms with E-state index in [0.29, 0.717) is 12.3 Å². The predicted octanol–water partition coefficient (Wildman–Crippen LogP) is 2.78. The van der Waals surface area contributed by atoms with Crippen molar-refractivity contribution in [2.24, 2.45) is 0 Å². The molecule has 1 atom stereocenters. The molecule has 3 rings (SSSR count). The molecule has 0 amide bonds. The fourth-order valence-electron chi connectivity index (χ4n) is 2.19. The van der Waals surface area contributed by atoms with Crippen LogP contribution >= 0.6 is 0 Å². The Bertz CT molecular complexity index is 593. The van der Waals surface area contributed by atoms with Gasteiger partial charge in [0.15, 0.2) is 0 Å². The van der Waals surface area contributed by atoms with Gasteiger partial charge in [-0.3, -0.25) is 9.67 Å². The Hall–Kier alpha value is -1.75. The minimum atomic E-state index is -0.338. The zero-order valence-electron chi connectivity index (χ0n) is 11.1. The molecule has 0 fully saturated rings.